The number of carboxylic acids is 2. The van der Waals surface area contributed by atoms with Crippen LogP contribution in [0.4, 0.5) is 0 Å². The van der Waals surface area contributed by atoms with Gasteiger partial charge in [-0.15, -0.1) is 0 Å². The highest BCUT2D eigenvalue weighted by molar-refractivity contribution is 5.96. The lowest BCUT2D eigenvalue weighted by molar-refractivity contribution is -0.150. The minimum Gasteiger partial charge on any atom is -0.481 e. The van der Waals surface area contributed by atoms with E-state index in [1.165, 1.54) is 4.90 Å². The summed E-state index contributed by atoms with van der Waals surface area (Å²) < 4.78 is 0. The molecule has 12 heteroatoms. The maximum Gasteiger partial charge on any atom is 0.326 e. The highest BCUT2D eigenvalue weighted by Crippen LogP contribution is 2.21. The highest BCUT2D eigenvalue weighted by Gasteiger charge is 2.39. The van der Waals surface area contributed by atoms with E-state index in [9.17, 15) is 34.2 Å². The summed E-state index contributed by atoms with van der Waals surface area (Å²) in [5.41, 5.74) is 7.75. The van der Waals surface area contributed by atoms with Gasteiger partial charge < -0.3 is 36.5 Å². The predicted octanol–water partition coefficient (Wildman–Crippen LogP) is 0.214. The van der Waals surface area contributed by atoms with E-state index in [0.29, 0.717) is 12.8 Å². The molecule has 7 N–H and O–H groups in total. The van der Waals surface area contributed by atoms with E-state index in [2.05, 4.69) is 15.6 Å². The van der Waals surface area contributed by atoms with Crippen molar-refractivity contribution in [2.75, 3.05) is 6.54 Å². The topological polar surface area (TPSA) is 195 Å². The third-order valence-electron chi connectivity index (χ3n) is 6.51. The zero-order valence-corrected chi connectivity index (χ0v) is 20.8. The Hall–Kier alpha value is -3.93. The number of hydrogen-bond acceptors (Lipinski definition) is 6. The largest absolute Gasteiger partial charge is 0.481 e. The number of fused-ring (bicyclic) bond motifs is 1. The van der Waals surface area contributed by atoms with Crippen molar-refractivity contribution in [2.45, 2.75) is 63.7 Å². The Morgan fingerprint density at radius 3 is 2.46 bits per heavy atom. The van der Waals surface area contributed by atoms with Gasteiger partial charge in [-0.3, -0.25) is 19.2 Å². The molecule has 3 amide bonds. The standard InChI is InChI=1S/C25H33N5O7/c1-13(2)21(24(35)30-9-5-8-19(30)25(36)37)29-23(34)18(11-20(31)32)28-22(33)16(26)10-14-12-27-17-7-4-3-6-15(14)17/h3-4,6-7,12-13,16,18-19,21,27H,5,8-11,26H2,1-2H3,(H,28,33)(H,29,34)(H,31,32)(H,36,37). The number of aliphatic carboxylic acids is 2. The van der Waals surface area contributed by atoms with E-state index in [1.807, 2.05) is 24.3 Å². The summed E-state index contributed by atoms with van der Waals surface area (Å²) in [6.45, 7) is 3.60. The molecule has 1 saturated heterocycles. The van der Waals surface area contributed by atoms with Crippen molar-refractivity contribution in [2.24, 2.45) is 11.7 Å². The first kappa shape index (κ1) is 27.7. The summed E-state index contributed by atoms with van der Waals surface area (Å²) >= 11 is 0. The molecule has 1 aromatic carbocycles. The first-order valence-corrected chi connectivity index (χ1v) is 12.2. The number of carbonyl (C=O) groups is 5. The Morgan fingerprint density at radius 2 is 1.81 bits per heavy atom. The Bertz CT molecular complexity index is 1180. The number of H-pyrrole nitrogens is 1. The second-order valence-electron chi connectivity index (χ2n) is 9.59. The van der Waals surface area contributed by atoms with Crippen molar-refractivity contribution >= 4 is 40.6 Å². The molecule has 0 radical (unpaired) electrons. The number of para-hydroxylation sites is 1. The number of nitrogens with one attached hydrogen (secondary N) is 3. The first-order chi connectivity index (χ1) is 17.5. The highest BCUT2D eigenvalue weighted by atomic mass is 16.4. The van der Waals surface area contributed by atoms with Crippen molar-refractivity contribution in [3.63, 3.8) is 0 Å². The van der Waals surface area contributed by atoms with Crippen LogP contribution in [0.2, 0.25) is 0 Å². The van der Waals surface area contributed by atoms with Crippen molar-refractivity contribution in [3.8, 4) is 0 Å². The Labute approximate surface area is 213 Å². The average Bonchev–Trinajstić information content (AvgIpc) is 3.49. The van der Waals surface area contributed by atoms with Crippen molar-refractivity contribution in [3.05, 3.63) is 36.0 Å². The van der Waals surface area contributed by atoms with Gasteiger partial charge in [0.1, 0.15) is 18.1 Å². The fourth-order valence-electron chi connectivity index (χ4n) is 4.53. The number of aromatic amines is 1. The molecule has 37 heavy (non-hydrogen) atoms. The van der Waals surface area contributed by atoms with Crippen molar-refractivity contribution in [1.82, 2.24) is 20.5 Å². The van der Waals surface area contributed by atoms with Crippen LogP contribution in [-0.2, 0) is 30.4 Å². The van der Waals surface area contributed by atoms with E-state index in [-0.39, 0.29) is 13.0 Å². The quantitative estimate of drug-likeness (QED) is 0.244. The van der Waals surface area contributed by atoms with Crippen LogP contribution < -0.4 is 16.4 Å². The SMILES string of the molecule is CC(C)C(NC(=O)C(CC(=O)O)NC(=O)C(N)Cc1c[nH]c2ccccc12)C(=O)N1CCCC1C(=O)O. The molecule has 0 saturated carbocycles. The van der Waals surface area contributed by atoms with Crippen molar-refractivity contribution in [1.29, 1.82) is 0 Å². The van der Waals surface area contributed by atoms with Crippen LogP contribution in [0.5, 0.6) is 0 Å². The van der Waals surface area contributed by atoms with Crippen molar-refractivity contribution < 1.29 is 34.2 Å². The van der Waals surface area contributed by atoms with E-state index in [1.54, 1.807) is 20.0 Å². The second-order valence-corrected chi connectivity index (χ2v) is 9.59. The van der Waals surface area contributed by atoms with Crippen LogP contribution in [0.15, 0.2) is 30.5 Å². The van der Waals surface area contributed by atoms with Crippen LogP contribution in [0, 0.1) is 5.92 Å². The summed E-state index contributed by atoms with van der Waals surface area (Å²) in [5, 5.41) is 24.6. The smallest absolute Gasteiger partial charge is 0.326 e. The number of aromatic nitrogens is 1. The van der Waals surface area contributed by atoms with Gasteiger partial charge in [0, 0.05) is 23.6 Å². The molecule has 1 fully saturated rings. The zero-order chi connectivity index (χ0) is 27.3. The van der Waals surface area contributed by atoms with E-state index < -0.39 is 66.2 Å². The third kappa shape index (κ3) is 6.64. The summed E-state index contributed by atoms with van der Waals surface area (Å²) in [6, 6.07) is 2.85. The normalized spacial score (nSPS) is 17.8. The number of hydrogen-bond donors (Lipinski definition) is 6. The maximum atomic E-state index is 13.1. The fourth-order valence-corrected chi connectivity index (χ4v) is 4.53. The van der Waals surface area contributed by atoms with Gasteiger partial charge in [-0.1, -0.05) is 32.0 Å². The predicted molar refractivity (Wildman–Crippen MR) is 133 cm³/mol. The molecule has 0 spiro atoms. The molecule has 2 aromatic rings. The van der Waals surface area contributed by atoms with E-state index in [0.717, 1.165) is 16.5 Å². The van der Waals surface area contributed by atoms with Gasteiger partial charge in [-0.25, -0.2) is 4.79 Å². The third-order valence-corrected chi connectivity index (χ3v) is 6.51. The molecule has 4 atom stereocenters. The second kappa shape index (κ2) is 11.9. The van der Waals surface area contributed by atoms with Gasteiger partial charge in [0.15, 0.2) is 0 Å². The van der Waals surface area contributed by atoms with Crippen LogP contribution >= 0.6 is 0 Å². The average molecular weight is 516 g/mol. The number of likely N-dealkylation sites (tertiary alicyclic amines) is 1. The minimum absolute atomic E-state index is 0.149. The van der Waals surface area contributed by atoms with Crippen LogP contribution in [0.25, 0.3) is 10.9 Å². The lowest BCUT2D eigenvalue weighted by Gasteiger charge is -2.30. The Kier molecular flexibility index (Phi) is 8.87. The number of benzene rings is 1. The molecule has 2 heterocycles. The Balaban J connectivity index is 1.70. The molecular formula is C25H33N5O7. The Morgan fingerprint density at radius 1 is 1.11 bits per heavy atom. The molecule has 0 bridgehead atoms. The van der Waals surface area contributed by atoms with Gasteiger partial charge >= 0.3 is 11.9 Å². The molecule has 1 aliphatic heterocycles. The van der Waals surface area contributed by atoms with Crippen LogP contribution in [0.1, 0.15) is 38.7 Å². The molecule has 200 valence electrons. The van der Waals surface area contributed by atoms with Gasteiger partial charge in [0.05, 0.1) is 12.5 Å². The number of nitrogens with zero attached hydrogens (tertiary/aromatic N) is 1. The molecule has 0 aliphatic carbocycles. The van der Waals surface area contributed by atoms with Crippen LogP contribution in [0.3, 0.4) is 0 Å². The molecule has 3 rings (SSSR count). The number of rotatable bonds is 11. The molecule has 1 aromatic heterocycles. The minimum atomic E-state index is -1.48. The summed E-state index contributed by atoms with van der Waals surface area (Å²) in [6.07, 6.45) is 1.99. The summed E-state index contributed by atoms with van der Waals surface area (Å²) in [7, 11) is 0. The summed E-state index contributed by atoms with van der Waals surface area (Å²) in [4.78, 5) is 66.3. The number of carboxylic acid groups (broad SMARTS) is 2. The zero-order valence-electron chi connectivity index (χ0n) is 20.8. The maximum absolute atomic E-state index is 13.1. The monoisotopic (exact) mass is 515 g/mol. The fraction of sp³-hybridized carbons (Fsp3) is 0.480. The number of nitrogens with two attached hydrogens (primary N) is 1. The molecule has 12 nitrogen and oxygen atoms in total. The number of carbonyl (C=O) groups excluding carboxylic acids is 3. The van der Waals surface area contributed by atoms with E-state index >= 15 is 0 Å². The van der Waals surface area contributed by atoms with Gasteiger partial charge in [-0.2, -0.15) is 0 Å². The molecule has 1 aliphatic rings. The first-order valence-electron chi connectivity index (χ1n) is 12.2. The molecular weight excluding hydrogens is 482 g/mol. The van der Waals surface area contributed by atoms with Gasteiger partial charge in [0.25, 0.3) is 0 Å². The van der Waals surface area contributed by atoms with E-state index in [4.69, 9.17) is 5.73 Å². The van der Waals surface area contributed by atoms with Crippen LogP contribution in [-0.4, -0.2) is 80.5 Å². The lowest BCUT2D eigenvalue weighted by atomic mass is 10.0. The summed E-state index contributed by atoms with van der Waals surface area (Å²) in [5.74, 6) is -5.03. The van der Waals surface area contributed by atoms with Gasteiger partial charge in [-0.05, 0) is 36.8 Å². The van der Waals surface area contributed by atoms with Gasteiger partial charge in [0.2, 0.25) is 17.7 Å². The molecule has 4 unspecified atom stereocenters. The lowest BCUT2D eigenvalue weighted by Crippen LogP contribution is -2.59. The number of amides is 3.